The molecule has 3 aromatic heterocycles. The molecule has 3 heterocycles. The molecule has 144 valence electrons. The minimum atomic E-state index is -0.0628. The maximum absolute atomic E-state index is 12.8. The maximum atomic E-state index is 12.8. The van der Waals surface area contributed by atoms with Crippen LogP contribution in [0.2, 0.25) is 5.15 Å². The molecule has 1 aliphatic rings. The Morgan fingerprint density at radius 1 is 1.07 bits per heavy atom. The molecular formula is C23H19ClN4O. The molecule has 0 aliphatic heterocycles. The molecule has 29 heavy (non-hydrogen) atoms. The van der Waals surface area contributed by atoms with Crippen molar-refractivity contribution in [2.24, 2.45) is 0 Å². The summed E-state index contributed by atoms with van der Waals surface area (Å²) in [5, 5.41) is 4.58. The summed E-state index contributed by atoms with van der Waals surface area (Å²) in [6.45, 7) is 1.91. The highest BCUT2D eigenvalue weighted by Crippen LogP contribution is 2.42. The van der Waals surface area contributed by atoms with Crippen molar-refractivity contribution in [3.63, 3.8) is 0 Å². The molecule has 0 spiro atoms. The first-order valence-corrected chi connectivity index (χ1v) is 10.00. The minimum absolute atomic E-state index is 0.0628. The van der Waals surface area contributed by atoms with Crippen molar-refractivity contribution in [3.05, 3.63) is 75.8 Å². The van der Waals surface area contributed by atoms with E-state index in [1.54, 1.807) is 12.3 Å². The molecule has 5 nitrogen and oxygen atoms in total. The van der Waals surface area contributed by atoms with E-state index in [1.807, 2.05) is 49.4 Å². The van der Waals surface area contributed by atoms with Gasteiger partial charge in [-0.2, -0.15) is 0 Å². The van der Waals surface area contributed by atoms with Gasteiger partial charge in [-0.15, -0.1) is 0 Å². The molecule has 0 unspecified atom stereocenters. The number of aryl methyl sites for hydroxylation is 1. The Morgan fingerprint density at radius 2 is 1.86 bits per heavy atom. The molecule has 1 aliphatic carbocycles. The number of nitrogens with zero attached hydrogens (tertiary/aromatic N) is 2. The van der Waals surface area contributed by atoms with Crippen molar-refractivity contribution >= 4 is 28.3 Å². The second-order valence-electron chi connectivity index (χ2n) is 7.38. The van der Waals surface area contributed by atoms with Crippen molar-refractivity contribution in [2.75, 3.05) is 5.32 Å². The van der Waals surface area contributed by atoms with Crippen molar-refractivity contribution in [1.29, 1.82) is 0 Å². The molecule has 0 atom stereocenters. The van der Waals surface area contributed by atoms with Crippen LogP contribution in [-0.4, -0.2) is 21.0 Å². The molecule has 1 saturated carbocycles. The Labute approximate surface area is 172 Å². The number of aromatic nitrogens is 3. The van der Waals surface area contributed by atoms with Crippen LogP contribution in [0.4, 0.5) is 5.69 Å². The molecule has 1 fully saturated rings. The van der Waals surface area contributed by atoms with Crippen molar-refractivity contribution < 1.29 is 0 Å². The largest absolute Gasteiger partial charge is 0.381 e. The van der Waals surface area contributed by atoms with Gasteiger partial charge in [0.05, 0.1) is 16.8 Å². The minimum Gasteiger partial charge on any atom is -0.381 e. The average molecular weight is 403 g/mol. The molecule has 5 rings (SSSR count). The standard InChI is InChI=1S/C23H19ClN4O/c1-13-11-15(12-18(24)26-13)19-21(14-5-3-2-4-6-14)28-23-20(17(29)9-10-25-23)22(19)27-16-7-8-16/h2-6,9-12,16H,7-8H2,1H3,(H2,25,27,28,29). The molecule has 1 aromatic carbocycles. The fraction of sp³-hybridized carbons (Fsp3) is 0.174. The number of aromatic amines is 1. The quantitative estimate of drug-likeness (QED) is 0.461. The predicted molar refractivity (Wildman–Crippen MR) is 117 cm³/mol. The van der Waals surface area contributed by atoms with Gasteiger partial charge in [0.25, 0.3) is 0 Å². The fourth-order valence-corrected chi connectivity index (χ4v) is 3.89. The number of hydrogen-bond acceptors (Lipinski definition) is 4. The van der Waals surface area contributed by atoms with Gasteiger partial charge in [-0.3, -0.25) is 4.79 Å². The van der Waals surface area contributed by atoms with Crippen molar-refractivity contribution in [3.8, 4) is 22.4 Å². The Kier molecular flexibility index (Phi) is 4.32. The Bertz CT molecular complexity index is 1260. The van der Waals surface area contributed by atoms with Gasteiger partial charge < -0.3 is 10.3 Å². The predicted octanol–water partition coefficient (Wildman–Crippen LogP) is 5.19. The van der Waals surface area contributed by atoms with Gasteiger partial charge >= 0.3 is 0 Å². The Balaban J connectivity index is 1.93. The van der Waals surface area contributed by atoms with Crippen LogP contribution in [0.15, 0.2) is 59.5 Å². The summed E-state index contributed by atoms with van der Waals surface area (Å²) in [6, 6.07) is 15.7. The lowest BCUT2D eigenvalue weighted by Crippen LogP contribution is -2.12. The zero-order valence-electron chi connectivity index (χ0n) is 15.9. The van der Waals surface area contributed by atoms with E-state index in [0.29, 0.717) is 22.2 Å². The monoisotopic (exact) mass is 402 g/mol. The van der Waals surface area contributed by atoms with E-state index in [4.69, 9.17) is 16.6 Å². The number of fused-ring (bicyclic) bond motifs is 1. The van der Waals surface area contributed by atoms with Gasteiger partial charge in [0.15, 0.2) is 5.43 Å². The lowest BCUT2D eigenvalue weighted by atomic mass is 9.95. The van der Waals surface area contributed by atoms with E-state index in [9.17, 15) is 4.79 Å². The summed E-state index contributed by atoms with van der Waals surface area (Å²) >= 11 is 6.30. The van der Waals surface area contributed by atoms with E-state index >= 15 is 0 Å². The first-order chi connectivity index (χ1) is 14.1. The number of halogens is 1. The van der Waals surface area contributed by atoms with Crippen molar-refractivity contribution in [2.45, 2.75) is 25.8 Å². The second kappa shape index (κ2) is 7.01. The summed E-state index contributed by atoms with van der Waals surface area (Å²) < 4.78 is 0. The highest BCUT2D eigenvalue weighted by molar-refractivity contribution is 6.29. The van der Waals surface area contributed by atoms with Gasteiger partial charge in [-0.1, -0.05) is 41.9 Å². The van der Waals surface area contributed by atoms with Crippen LogP contribution in [0.25, 0.3) is 33.4 Å². The number of benzene rings is 1. The van der Waals surface area contributed by atoms with Crippen LogP contribution in [0.5, 0.6) is 0 Å². The van der Waals surface area contributed by atoms with Crippen LogP contribution in [-0.2, 0) is 0 Å². The lowest BCUT2D eigenvalue weighted by Gasteiger charge is -2.19. The molecule has 6 heteroatoms. The van der Waals surface area contributed by atoms with E-state index in [-0.39, 0.29) is 5.43 Å². The third-order valence-corrected chi connectivity index (χ3v) is 5.28. The van der Waals surface area contributed by atoms with Crippen LogP contribution >= 0.6 is 11.6 Å². The SMILES string of the molecule is Cc1cc(-c2c(-c3ccccc3)nc3[nH]ccc(=O)c3c2NC2CC2)cc(Cl)n1. The highest BCUT2D eigenvalue weighted by atomic mass is 35.5. The number of anilines is 1. The molecule has 0 bridgehead atoms. The van der Waals surface area contributed by atoms with Gasteiger partial charge in [0, 0.05) is 35.1 Å². The first-order valence-electron chi connectivity index (χ1n) is 9.62. The molecule has 2 N–H and O–H groups in total. The molecule has 0 radical (unpaired) electrons. The fourth-order valence-electron chi connectivity index (χ4n) is 3.64. The zero-order valence-corrected chi connectivity index (χ0v) is 16.6. The van der Waals surface area contributed by atoms with Gasteiger partial charge in [0.1, 0.15) is 10.8 Å². The zero-order chi connectivity index (χ0) is 20.0. The third kappa shape index (κ3) is 3.38. The molecule has 0 saturated heterocycles. The van der Waals surface area contributed by atoms with Crippen LogP contribution in [0, 0.1) is 6.92 Å². The number of rotatable bonds is 4. The molecule has 0 amide bonds. The van der Waals surface area contributed by atoms with E-state index in [1.165, 1.54) is 0 Å². The number of hydrogen-bond donors (Lipinski definition) is 2. The number of pyridine rings is 3. The molecular weight excluding hydrogens is 384 g/mol. The number of nitrogens with one attached hydrogen (secondary N) is 2. The number of H-pyrrole nitrogens is 1. The smallest absolute Gasteiger partial charge is 0.193 e. The van der Waals surface area contributed by atoms with Gasteiger partial charge in [-0.05, 0) is 37.5 Å². The topological polar surface area (TPSA) is 70.7 Å². The molecule has 4 aromatic rings. The normalized spacial score (nSPS) is 13.6. The summed E-state index contributed by atoms with van der Waals surface area (Å²) in [6.07, 6.45) is 3.82. The second-order valence-corrected chi connectivity index (χ2v) is 7.77. The first kappa shape index (κ1) is 17.9. The average Bonchev–Trinajstić information content (AvgIpc) is 3.51. The Hall–Kier alpha value is -3.18. The summed E-state index contributed by atoms with van der Waals surface area (Å²) in [4.78, 5) is 25.1. The Morgan fingerprint density at radius 3 is 2.59 bits per heavy atom. The van der Waals surface area contributed by atoms with E-state index in [2.05, 4.69) is 15.3 Å². The summed E-state index contributed by atoms with van der Waals surface area (Å²) in [5.41, 5.74) is 5.66. The van der Waals surface area contributed by atoms with Crippen LogP contribution in [0.1, 0.15) is 18.5 Å². The van der Waals surface area contributed by atoms with Crippen LogP contribution in [0.3, 0.4) is 0 Å². The lowest BCUT2D eigenvalue weighted by molar-refractivity contribution is 1.15. The third-order valence-electron chi connectivity index (χ3n) is 5.08. The highest BCUT2D eigenvalue weighted by Gasteiger charge is 2.27. The summed E-state index contributed by atoms with van der Waals surface area (Å²) in [5.74, 6) is 0. The van der Waals surface area contributed by atoms with Crippen LogP contribution < -0.4 is 10.7 Å². The van der Waals surface area contributed by atoms with Gasteiger partial charge in [0.2, 0.25) is 0 Å². The summed E-state index contributed by atoms with van der Waals surface area (Å²) in [7, 11) is 0. The van der Waals surface area contributed by atoms with Gasteiger partial charge in [-0.25, -0.2) is 9.97 Å². The van der Waals surface area contributed by atoms with E-state index in [0.717, 1.165) is 46.6 Å². The van der Waals surface area contributed by atoms with E-state index < -0.39 is 0 Å². The maximum Gasteiger partial charge on any atom is 0.193 e. The van der Waals surface area contributed by atoms with Crippen molar-refractivity contribution in [1.82, 2.24) is 15.0 Å².